The van der Waals surface area contributed by atoms with Crippen molar-refractivity contribution in [3.8, 4) is 0 Å². The summed E-state index contributed by atoms with van der Waals surface area (Å²) in [5, 5.41) is 8.20. The topological polar surface area (TPSA) is 107 Å². The molecule has 162 valence electrons. The Morgan fingerprint density at radius 2 is 1.93 bits per heavy atom. The first-order chi connectivity index (χ1) is 14.5. The van der Waals surface area contributed by atoms with Crippen LogP contribution in [0, 0.1) is 0 Å². The minimum absolute atomic E-state index is 0.0630. The summed E-state index contributed by atoms with van der Waals surface area (Å²) < 4.78 is 38.9. The van der Waals surface area contributed by atoms with Gasteiger partial charge >= 0.3 is 0 Å². The van der Waals surface area contributed by atoms with Crippen LogP contribution >= 0.6 is 0 Å². The fraction of sp³-hybridized carbons (Fsp3) is 0.526. The van der Waals surface area contributed by atoms with Crippen LogP contribution in [0.25, 0.3) is 0 Å². The molecule has 0 aliphatic carbocycles. The van der Waals surface area contributed by atoms with Crippen molar-refractivity contribution in [3.63, 3.8) is 0 Å². The van der Waals surface area contributed by atoms with Crippen molar-refractivity contribution in [2.45, 2.75) is 24.0 Å². The normalized spacial score (nSPS) is 20.6. The van der Waals surface area contributed by atoms with Gasteiger partial charge in [-0.15, -0.1) is 5.10 Å². The molecular weight excluding hydrogens is 410 g/mol. The molecular formula is C19H25N5O5S. The van der Waals surface area contributed by atoms with Crippen LogP contribution in [0.15, 0.2) is 35.4 Å². The summed E-state index contributed by atoms with van der Waals surface area (Å²) in [4.78, 5) is 14.8. The van der Waals surface area contributed by atoms with Gasteiger partial charge in [0.2, 0.25) is 10.0 Å². The first-order valence-electron chi connectivity index (χ1n) is 9.86. The lowest BCUT2D eigenvalue weighted by Gasteiger charge is -2.26. The van der Waals surface area contributed by atoms with E-state index in [1.165, 1.54) is 16.4 Å². The molecule has 0 radical (unpaired) electrons. The summed E-state index contributed by atoms with van der Waals surface area (Å²) in [6, 6.07) is 6.22. The van der Waals surface area contributed by atoms with E-state index < -0.39 is 10.0 Å². The molecule has 1 unspecified atom stereocenters. The summed E-state index contributed by atoms with van der Waals surface area (Å²) in [6.45, 7) is 3.00. The minimum Gasteiger partial charge on any atom is -0.379 e. The molecule has 1 aromatic heterocycles. The smallest absolute Gasteiger partial charge is 0.253 e. The van der Waals surface area contributed by atoms with E-state index in [0.29, 0.717) is 51.6 Å². The van der Waals surface area contributed by atoms with Crippen molar-refractivity contribution in [1.82, 2.24) is 24.2 Å². The van der Waals surface area contributed by atoms with Gasteiger partial charge < -0.3 is 14.4 Å². The maximum atomic E-state index is 12.9. The van der Waals surface area contributed by atoms with Crippen LogP contribution in [0.5, 0.6) is 0 Å². The van der Waals surface area contributed by atoms with E-state index in [0.717, 1.165) is 12.1 Å². The predicted molar refractivity (Wildman–Crippen MR) is 106 cm³/mol. The maximum Gasteiger partial charge on any atom is 0.253 e. The molecule has 10 nitrogen and oxygen atoms in total. The molecule has 30 heavy (non-hydrogen) atoms. The number of likely N-dealkylation sites (tertiary alicyclic amines) is 1. The van der Waals surface area contributed by atoms with Gasteiger partial charge in [-0.1, -0.05) is 5.21 Å². The Morgan fingerprint density at radius 1 is 1.20 bits per heavy atom. The molecule has 11 heteroatoms. The van der Waals surface area contributed by atoms with E-state index in [4.69, 9.17) is 9.47 Å². The zero-order valence-corrected chi connectivity index (χ0v) is 17.6. The molecule has 4 rings (SSSR count). The molecule has 2 saturated heterocycles. The average molecular weight is 436 g/mol. The first-order valence-corrected chi connectivity index (χ1v) is 11.3. The van der Waals surface area contributed by atoms with Gasteiger partial charge in [0, 0.05) is 38.9 Å². The molecule has 1 aromatic carbocycles. The van der Waals surface area contributed by atoms with E-state index in [1.54, 1.807) is 28.8 Å². The zero-order chi connectivity index (χ0) is 21.1. The lowest BCUT2D eigenvalue weighted by atomic mass is 10.2. The van der Waals surface area contributed by atoms with E-state index >= 15 is 0 Å². The Balaban J connectivity index is 1.41. The van der Waals surface area contributed by atoms with Crippen molar-refractivity contribution in [2.24, 2.45) is 0 Å². The van der Waals surface area contributed by atoms with Gasteiger partial charge in [-0.05, 0) is 30.7 Å². The quantitative estimate of drug-likeness (QED) is 0.652. The minimum atomic E-state index is -3.57. The predicted octanol–water partition coefficient (Wildman–Crippen LogP) is 0.533. The van der Waals surface area contributed by atoms with Gasteiger partial charge in [-0.3, -0.25) is 4.79 Å². The highest BCUT2D eigenvalue weighted by Crippen LogP contribution is 2.24. The van der Waals surface area contributed by atoms with Crippen molar-refractivity contribution in [3.05, 3.63) is 41.7 Å². The molecule has 0 bridgehead atoms. The monoisotopic (exact) mass is 435 g/mol. The Kier molecular flexibility index (Phi) is 6.14. The average Bonchev–Trinajstić information content (AvgIpc) is 3.44. The standard InChI is InChI=1S/C19H25N5O5S/c1-28-14-16-12-24(21-20-16)17-6-7-22(13-17)19(25)15-2-4-18(5-3-15)30(26,27)23-8-10-29-11-9-23/h2-5,12,17H,6-11,13-14H2,1H3. The highest BCUT2D eigenvalue weighted by molar-refractivity contribution is 7.89. The molecule has 2 fully saturated rings. The van der Waals surface area contributed by atoms with Crippen LogP contribution < -0.4 is 0 Å². The molecule has 2 aromatic rings. The molecule has 1 amide bonds. The number of carbonyl (C=O) groups is 1. The largest absolute Gasteiger partial charge is 0.379 e. The van der Waals surface area contributed by atoms with Crippen molar-refractivity contribution >= 4 is 15.9 Å². The van der Waals surface area contributed by atoms with E-state index in [1.807, 2.05) is 6.20 Å². The second-order valence-corrected chi connectivity index (χ2v) is 9.30. The Hall–Kier alpha value is -2.34. The number of hydrogen-bond acceptors (Lipinski definition) is 7. The molecule has 2 aliphatic heterocycles. The van der Waals surface area contributed by atoms with Gasteiger partial charge in [0.05, 0.1) is 37.0 Å². The number of sulfonamides is 1. The number of aromatic nitrogens is 3. The zero-order valence-electron chi connectivity index (χ0n) is 16.8. The second-order valence-electron chi connectivity index (χ2n) is 7.36. The number of nitrogens with zero attached hydrogens (tertiary/aromatic N) is 5. The number of carbonyl (C=O) groups excluding carboxylic acids is 1. The lowest BCUT2D eigenvalue weighted by molar-refractivity contribution is 0.0730. The van der Waals surface area contributed by atoms with Crippen molar-refractivity contribution in [2.75, 3.05) is 46.5 Å². The summed E-state index contributed by atoms with van der Waals surface area (Å²) in [5.41, 5.74) is 1.22. The van der Waals surface area contributed by atoms with Crippen LogP contribution in [0.2, 0.25) is 0 Å². The third-order valence-corrected chi connectivity index (χ3v) is 7.30. The Morgan fingerprint density at radius 3 is 2.63 bits per heavy atom. The van der Waals surface area contributed by atoms with Crippen LogP contribution in [0.4, 0.5) is 0 Å². The Labute approximate surface area is 175 Å². The summed E-state index contributed by atoms with van der Waals surface area (Å²) in [5.74, 6) is -0.120. The van der Waals surface area contributed by atoms with Gasteiger partial charge in [-0.25, -0.2) is 13.1 Å². The van der Waals surface area contributed by atoms with E-state index in [-0.39, 0.29) is 16.8 Å². The van der Waals surface area contributed by atoms with Crippen LogP contribution in [-0.2, 0) is 26.1 Å². The molecule has 0 spiro atoms. The summed E-state index contributed by atoms with van der Waals surface area (Å²) in [7, 11) is -1.97. The summed E-state index contributed by atoms with van der Waals surface area (Å²) in [6.07, 6.45) is 2.62. The van der Waals surface area contributed by atoms with Crippen molar-refractivity contribution in [1.29, 1.82) is 0 Å². The highest BCUT2D eigenvalue weighted by Gasteiger charge is 2.30. The lowest BCUT2D eigenvalue weighted by Crippen LogP contribution is -2.40. The molecule has 1 atom stereocenters. The number of hydrogen-bond donors (Lipinski definition) is 0. The fourth-order valence-electron chi connectivity index (χ4n) is 3.74. The SMILES string of the molecule is COCc1cn(C2CCN(C(=O)c3ccc(S(=O)(=O)N4CCOCC4)cc3)C2)nn1. The molecule has 0 N–H and O–H groups in total. The third kappa shape index (κ3) is 4.24. The van der Waals surface area contributed by atoms with Crippen LogP contribution in [-0.4, -0.2) is 85.0 Å². The van der Waals surface area contributed by atoms with E-state index in [9.17, 15) is 13.2 Å². The fourth-order valence-corrected chi connectivity index (χ4v) is 5.14. The third-order valence-electron chi connectivity index (χ3n) is 5.38. The highest BCUT2D eigenvalue weighted by atomic mass is 32.2. The van der Waals surface area contributed by atoms with Gasteiger partial charge in [0.1, 0.15) is 5.69 Å². The maximum absolute atomic E-state index is 12.9. The van der Waals surface area contributed by atoms with Gasteiger partial charge in [0.25, 0.3) is 5.91 Å². The van der Waals surface area contributed by atoms with Gasteiger partial charge in [0.15, 0.2) is 0 Å². The number of methoxy groups -OCH3 is 1. The number of morpholine rings is 1. The van der Waals surface area contributed by atoms with Crippen LogP contribution in [0.1, 0.15) is 28.5 Å². The van der Waals surface area contributed by atoms with E-state index in [2.05, 4.69) is 10.3 Å². The molecule has 0 saturated carbocycles. The van der Waals surface area contributed by atoms with Gasteiger partial charge in [-0.2, -0.15) is 4.31 Å². The summed E-state index contributed by atoms with van der Waals surface area (Å²) >= 11 is 0. The Bertz CT molecular complexity index is 985. The number of benzene rings is 1. The molecule has 2 aliphatic rings. The number of rotatable bonds is 6. The van der Waals surface area contributed by atoms with Crippen LogP contribution in [0.3, 0.4) is 0 Å². The second kappa shape index (κ2) is 8.80. The molecule has 3 heterocycles. The first kappa shape index (κ1) is 20.9. The number of amides is 1. The number of ether oxygens (including phenoxy) is 2. The van der Waals surface area contributed by atoms with Crippen molar-refractivity contribution < 1.29 is 22.7 Å².